The van der Waals surface area contributed by atoms with E-state index in [0.29, 0.717) is 6.61 Å². The minimum atomic E-state index is -0.452. The van der Waals surface area contributed by atoms with Crippen molar-refractivity contribution in [3.8, 4) is 5.75 Å². The normalized spacial score (nSPS) is 11.9. The van der Waals surface area contributed by atoms with Crippen LogP contribution in [0.4, 0.5) is 5.69 Å². The Kier molecular flexibility index (Phi) is 4.79. The fourth-order valence-corrected chi connectivity index (χ4v) is 1.15. The standard InChI is InChI=1S/C12H17NO3/c1-4-16-11-7-5-10(6-8-11)13-12(14)9(2)15-3/h5-9H,4H2,1-3H3,(H,13,14). The molecule has 4 nitrogen and oxygen atoms in total. The SMILES string of the molecule is CCOc1ccc(NC(=O)C(C)OC)cc1. The van der Waals surface area contributed by atoms with Crippen LogP contribution >= 0.6 is 0 Å². The van der Waals surface area contributed by atoms with Crippen molar-refractivity contribution in [3.63, 3.8) is 0 Å². The van der Waals surface area contributed by atoms with Crippen LogP contribution in [-0.2, 0) is 9.53 Å². The zero-order valence-electron chi connectivity index (χ0n) is 9.82. The van der Waals surface area contributed by atoms with Crippen LogP contribution in [0.5, 0.6) is 5.75 Å². The Morgan fingerprint density at radius 2 is 2.00 bits per heavy atom. The Morgan fingerprint density at radius 1 is 1.38 bits per heavy atom. The van der Waals surface area contributed by atoms with Gasteiger partial charge < -0.3 is 14.8 Å². The van der Waals surface area contributed by atoms with Crippen molar-refractivity contribution in [2.75, 3.05) is 19.0 Å². The van der Waals surface area contributed by atoms with Gasteiger partial charge in [-0.15, -0.1) is 0 Å². The van der Waals surface area contributed by atoms with Crippen molar-refractivity contribution < 1.29 is 14.3 Å². The topological polar surface area (TPSA) is 47.6 Å². The van der Waals surface area contributed by atoms with E-state index in [0.717, 1.165) is 11.4 Å². The average molecular weight is 223 g/mol. The molecule has 0 aromatic heterocycles. The third-order valence-corrected chi connectivity index (χ3v) is 2.16. The monoisotopic (exact) mass is 223 g/mol. The van der Waals surface area contributed by atoms with Crippen LogP contribution in [0.2, 0.25) is 0 Å². The van der Waals surface area contributed by atoms with Crippen molar-refractivity contribution >= 4 is 11.6 Å². The average Bonchev–Trinajstić information content (AvgIpc) is 2.31. The van der Waals surface area contributed by atoms with E-state index in [-0.39, 0.29) is 5.91 Å². The van der Waals surface area contributed by atoms with Gasteiger partial charge >= 0.3 is 0 Å². The van der Waals surface area contributed by atoms with Crippen LogP contribution in [0.1, 0.15) is 13.8 Å². The molecule has 0 aliphatic rings. The molecule has 1 unspecified atom stereocenters. The van der Waals surface area contributed by atoms with Crippen LogP contribution in [0, 0.1) is 0 Å². The molecule has 1 atom stereocenters. The highest BCUT2D eigenvalue weighted by Gasteiger charge is 2.11. The number of carbonyl (C=O) groups is 1. The zero-order chi connectivity index (χ0) is 12.0. The molecule has 4 heteroatoms. The molecule has 0 fully saturated rings. The Balaban J connectivity index is 2.58. The van der Waals surface area contributed by atoms with Gasteiger partial charge in [-0.25, -0.2) is 0 Å². The molecular weight excluding hydrogens is 206 g/mol. The number of hydrogen-bond acceptors (Lipinski definition) is 3. The summed E-state index contributed by atoms with van der Waals surface area (Å²) in [6.07, 6.45) is -0.452. The molecule has 0 aliphatic heterocycles. The molecule has 1 N–H and O–H groups in total. The zero-order valence-corrected chi connectivity index (χ0v) is 9.82. The number of anilines is 1. The summed E-state index contributed by atoms with van der Waals surface area (Å²) in [6, 6.07) is 7.23. The summed E-state index contributed by atoms with van der Waals surface area (Å²) in [4.78, 5) is 11.5. The van der Waals surface area contributed by atoms with Gasteiger partial charge in [-0.3, -0.25) is 4.79 Å². The number of methoxy groups -OCH3 is 1. The summed E-state index contributed by atoms with van der Waals surface area (Å²) in [5.74, 6) is 0.631. The summed E-state index contributed by atoms with van der Waals surface area (Å²) >= 11 is 0. The first-order chi connectivity index (χ1) is 7.67. The lowest BCUT2D eigenvalue weighted by Crippen LogP contribution is -2.26. The molecule has 0 saturated carbocycles. The van der Waals surface area contributed by atoms with E-state index in [9.17, 15) is 4.79 Å². The van der Waals surface area contributed by atoms with Crippen molar-refractivity contribution in [2.45, 2.75) is 20.0 Å². The summed E-state index contributed by atoms with van der Waals surface area (Å²) < 4.78 is 10.2. The van der Waals surface area contributed by atoms with E-state index in [2.05, 4.69) is 5.32 Å². The first-order valence-electron chi connectivity index (χ1n) is 5.24. The molecule has 0 aliphatic carbocycles. The number of ether oxygens (including phenoxy) is 2. The lowest BCUT2D eigenvalue weighted by molar-refractivity contribution is -0.124. The Labute approximate surface area is 95.6 Å². The molecule has 16 heavy (non-hydrogen) atoms. The number of carbonyl (C=O) groups excluding carboxylic acids is 1. The number of benzene rings is 1. The van der Waals surface area contributed by atoms with E-state index in [1.807, 2.05) is 19.1 Å². The molecule has 1 rings (SSSR count). The molecule has 0 saturated heterocycles. The van der Waals surface area contributed by atoms with Gasteiger partial charge in [-0.1, -0.05) is 0 Å². The maximum absolute atomic E-state index is 11.5. The largest absolute Gasteiger partial charge is 0.494 e. The van der Waals surface area contributed by atoms with Gasteiger partial charge in [0.15, 0.2) is 0 Å². The highest BCUT2D eigenvalue weighted by molar-refractivity contribution is 5.93. The van der Waals surface area contributed by atoms with Gasteiger partial charge in [0.25, 0.3) is 5.91 Å². The molecule has 1 aromatic rings. The van der Waals surface area contributed by atoms with Gasteiger partial charge in [-0.05, 0) is 38.1 Å². The van der Waals surface area contributed by atoms with E-state index in [4.69, 9.17) is 9.47 Å². The molecule has 0 heterocycles. The van der Waals surface area contributed by atoms with E-state index >= 15 is 0 Å². The third kappa shape index (κ3) is 3.55. The maximum atomic E-state index is 11.5. The highest BCUT2D eigenvalue weighted by Crippen LogP contribution is 2.15. The number of nitrogens with one attached hydrogen (secondary N) is 1. The summed E-state index contributed by atoms with van der Waals surface area (Å²) in [5.41, 5.74) is 0.734. The molecule has 1 amide bonds. The molecule has 0 bridgehead atoms. The van der Waals surface area contributed by atoms with Crippen molar-refractivity contribution in [1.82, 2.24) is 0 Å². The van der Waals surface area contributed by atoms with Crippen LogP contribution in [0.3, 0.4) is 0 Å². The highest BCUT2D eigenvalue weighted by atomic mass is 16.5. The predicted octanol–water partition coefficient (Wildman–Crippen LogP) is 2.06. The Morgan fingerprint density at radius 3 is 2.50 bits per heavy atom. The third-order valence-electron chi connectivity index (χ3n) is 2.16. The molecular formula is C12H17NO3. The van der Waals surface area contributed by atoms with Crippen molar-refractivity contribution in [1.29, 1.82) is 0 Å². The van der Waals surface area contributed by atoms with Gasteiger partial charge in [0.1, 0.15) is 11.9 Å². The van der Waals surface area contributed by atoms with Crippen LogP contribution in [0.25, 0.3) is 0 Å². The second-order valence-electron chi connectivity index (χ2n) is 3.32. The van der Waals surface area contributed by atoms with Crippen molar-refractivity contribution in [2.24, 2.45) is 0 Å². The smallest absolute Gasteiger partial charge is 0.253 e. The Hall–Kier alpha value is -1.55. The Bertz CT molecular complexity index is 335. The number of rotatable bonds is 5. The molecule has 0 radical (unpaired) electrons. The summed E-state index contributed by atoms with van der Waals surface area (Å²) in [6.45, 7) is 4.26. The molecule has 1 aromatic carbocycles. The molecule has 0 spiro atoms. The fraction of sp³-hybridized carbons (Fsp3) is 0.417. The van der Waals surface area contributed by atoms with Crippen LogP contribution in [0.15, 0.2) is 24.3 Å². The van der Waals surface area contributed by atoms with Gasteiger partial charge in [0.05, 0.1) is 6.61 Å². The van der Waals surface area contributed by atoms with Crippen LogP contribution in [-0.4, -0.2) is 25.7 Å². The lowest BCUT2D eigenvalue weighted by Gasteiger charge is -2.10. The fourth-order valence-electron chi connectivity index (χ4n) is 1.15. The van der Waals surface area contributed by atoms with E-state index in [1.54, 1.807) is 19.1 Å². The summed E-state index contributed by atoms with van der Waals surface area (Å²) in [5, 5.41) is 2.74. The van der Waals surface area contributed by atoms with Gasteiger partial charge in [0.2, 0.25) is 0 Å². The lowest BCUT2D eigenvalue weighted by atomic mass is 10.3. The number of amides is 1. The first kappa shape index (κ1) is 12.5. The molecule has 88 valence electrons. The number of hydrogen-bond donors (Lipinski definition) is 1. The van der Waals surface area contributed by atoms with Gasteiger partial charge in [-0.2, -0.15) is 0 Å². The second-order valence-corrected chi connectivity index (χ2v) is 3.32. The van der Waals surface area contributed by atoms with Gasteiger partial charge in [0, 0.05) is 12.8 Å². The summed E-state index contributed by atoms with van der Waals surface area (Å²) in [7, 11) is 1.50. The minimum Gasteiger partial charge on any atom is -0.494 e. The predicted molar refractivity (Wildman–Crippen MR) is 62.7 cm³/mol. The first-order valence-corrected chi connectivity index (χ1v) is 5.24. The van der Waals surface area contributed by atoms with E-state index in [1.165, 1.54) is 7.11 Å². The maximum Gasteiger partial charge on any atom is 0.253 e. The van der Waals surface area contributed by atoms with Crippen LogP contribution < -0.4 is 10.1 Å². The quantitative estimate of drug-likeness (QED) is 0.831. The second kappa shape index (κ2) is 6.12. The van der Waals surface area contributed by atoms with E-state index < -0.39 is 6.10 Å². The van der Waals surface area contributed by atoms with Crippen molar-refractivity contribution in [3.05, 3.63) is 24.3 Å². The minimum absolute atomic E-state index is 0.161.